The number of anilines is 3. The van der Waals surface area contributed by atoms with Gasteiger partial charge in [-0.05, 0) is 18.1 Å². The fraction of sp³-hybridized carbons (Fsp3) is 0.417. The molecule has 11 nitrogen and oxygen atoms in total. The predicted octanol–water partition coefficient (Wildman–Crippen LogP) is -0.483. The summed E-state index contributed by atoms with van der Waals surface area (Å²) in [6.07, 6.45) is 3.88. The molecular formula is C12H18N5O6S+. The maximum Gasteiger partial charge on any atom is 0.474 e. The summed E-state index contributed by atoms with van der Waals surface area (Å²) in [4.78, 5) is 17.6. The van der Waals surface area contributed by atoms with Crippen LogP contribution in [0, 0.1) is 0 Å². The molecule has 2 rings (SSSR count). The standard InChI is InChI=1S/C12H17N5O6S/c1-2-22-12(18)15-11-14-10(16-6-4-3-5-7-16)8-9(13)17(11)23-24(19,20)21/h3-4,8H,2,5-7H2,1H3,(H3,13,14,15,18,19,20,21)/p+1. The molecule has 0 spiro atoms. The molecule has 0 fully saturated rings. The van der Waals surface area contributed by atoms with Gasteiger partial charge >= 0.3 is 22.4 Å². The van der Waals surface area contributed by atoms with E-state index in [4.69, 9.17) is 15.0 Å². The van der Waals surface area contributed by atoms with E-state index in [0.717, 1.165) is 6.42 Å². The quantitative estimate of drug-likeness (QED) is 0.359. The monoisotopic (exact) mass is 360 g/mol. The number of nitrogens with two attached hydrogens (primary N) is 1. The van der Waals surface area contributed by atoms with Crippen molar-refractivity contribution in [2.45, 2.75) is 13.3 Å². The van der Waals surface area contributed by atoms with E-state index >= 15 is 0 Å². The first-order valence-corrected chi connectivity index (χ1v) is 8.40. The average molecular weight is 360 g/mol. The van der Waals surface area contributed by atoms with Crippen molar-refractivity contribution in [3.8, 4) is 0 Å². The molecule has 1 amide bonds. The number of carbonyl (C=O) groups is 1. The second-order valence-electron chi connectivity index (χ2n) is 4.71. The summed E-state index contributed by atoms with van der Waals surface area (Å²) in [7, 11) is -4.88. The molecule has 1 aliphatic heterocycles. The molecule has 0 saturated heterocycles. The number of nitrogen functional groups attached to an aromatic ring is 1. The van der Waals surface area contributed by atoms with Gasteiger partial charge in [0.2, 0.25) is 5.82 Å². The smallest absolute Gasteiger partial charge is 0.441 e. The molecular weight excluding hydrogens is 342 g/mol. The Kier molecular flexibility index (Phi) is 5.41. The highest BCUT2D eigenvalue weighted by atomic mass is 32.3. The topological polar surface area (TPSA) is 148 Å². The van der Waals surface area contributed by atoms with E-state index < -0.39 is 16.5 Å². The fourth-order valence-corrected chi connectivity index (χ4v) is 2.37. The molecule has 0 aliphatic carbocycles. The van der Waals surface area contributed by atoms with Gasteiger partial charge in [0.1, 0.15) is 0 Å². The lowest BCUT2D eigenvalue weighted by molar-refractivity contribution is -0.835. The van der Waals surface area contributed by atoms with Crippen LogP contribution in [0.4, 0.5) is 22.4 Å². The van der Waals surface area contributed by atoms with Crippen molar-refractivity contribution >= 4 is 34.1 Å². The summed E-state index contributed by atoms with van der Waals surface area (Å²) in [6.45, 7) is 2.94. The molecule has 1 aromatic rings. The summed E-state index contributed by atoms with van der Waals surface area (Å²) in [5, 5.41) is 2.22. The molecule has 0 unspecified atom stereocenters. The van der Waals surface area contributed by atoms with E-state index in [1.54, 1.807) is 6.92 Å². The third kappa shape index (κ3) is 4.70. The highest BCUT2D eigenvalue weighted by Gasteiger charge is 2.26. The van der Waals surface area contributed by atoms with Crippen LogP contribution in [-0.4, -0.2) is 43.7 Å². The number of ether oxygens (including phenoxy) is 1. The summed E-state index contributed by atoms with van der Waals surface area (Å²) < 4.78 is 40.3. The maximum atomic E-state index is 11.6. The van der Waals surface area contributed by atoms with Crippen molar-refractivity contribution in [1.82, 2.24) is 4.98 Å². The Morgan fingerprint density at radius 3 is 2.88 bits per heavy atom. The third-order valence-corrected chi connectivity index (χ3v) is 3.30. The first-order chi connectivity index (χ1) is 11.3. The molecule has 1 aromatic heterocycles. The summed E-state index contributed by atoms with van der Waals surface area (Å²) in [5.74, 6) is -0.145. The number of hydrogen-bond acceptors (Lipinski definition) is 8. The molecule has 0 bridgehead atoms. The first kappa shape index (κ1) is 17.7. The zero-order valence-corrected chi connectivity index (χ0v) is 13.7. The molecule has 12 heteroatoms. The number of rotatable bonds is 5. The molecule has 132 valence electrons. The molecule has 4 N–H and O–H groups in total. The lowest BCUT2D eigenvalue weighted by Gasteiger charge is -2.23. The highest BCUT2D eigenvalue weighted by Crippen LogP contribution is 2.17. The Hall–Kier alpha value is -2.60. The number of amides is 1. The van der Waals surface area contributed by atoms with Gasteiger partial charge in [0.05, 0.1) is 12.7 Å². The van der Waals surface area contributed by atoms with E-state index in [0.29, 0.717) is 23.6 Å². The maximum absolute atomic E-state index is 11.6. The van der Waals surface area contributed by atoms with Crippen LogP contribution in [0.1, 0.15) is 13.3 Å². The molecule has 2 heterocycles. The Morgan fingerprint density at radius 2 is 2.29 bits per heavy atom. The average Bonchev–Trinajstić information content (AvgIpc) is 2.50. The van der Waals surface area contributed by atoms with Gasteiger partial charge in [0.25, 0.3) is 0 Å². The van der Waals surface area contributed by atoms with Gasteiger partial charge in [-0.2, -0.15) is 13.7 Å². The van der Waals surface area contributed by atoms with Gasteiger partial charge in [0, 0.05) is 13.1 Å². The Balaban J connectivity index is 2.41. The third-order valence-electron chi connectivity index (χ3n) is 2.96. The summed E-state index contributed by atoms with van der Waals surface area (Å²) in [6, 6.07) is 1.36. The minimum atomic E-state index is -4.88. The predicted molar refractivity (Wildman–Crippen MR) is 83.6 cm³/mol. The van der Waals surface area contributed by atoms with Gasteiger partial charge in [-0.1, -0.05) is 17.1 Å². The summed E-state index contributed by atoms with van der Waals surface area (Å²) in [5.41, 5.74) is 5.77. The SMILES string of the molecule is CCOC(=O)Nc1nc(N2CC=CCC2)cc(N)[n+]1OS(=O)(=O)O. The molecule has 0 atom stereocenters. The van der Waals surface area contributed by atoms with Crippen LogP contribution >= 0.6 is 0 Å². The van der Waals surface area contributed by atoms with Gasteiger partial charge in [-0.15, -0.1) is 0 Å². The van der Waals surface area contributed by atoms with Crippen LogP contribution in [0.2, 0.25) is 0 Å². The Bertz CT molecular complexity index is 751. The zero-order chi connectivity index (χ0) is 17.7. The van der Waals surface area contributed by atoms with Gasteiger partial charge in [0.15, 0.2) is 5.82 Å². The second-order valence-corrected chi connectivity index (χ2v) is 5.72. The minimum Gasteiger partial charge on any atom is -0.441 e. The normalized spacial score (nSPS) is 14.3. The van der Waals surface area contributed by atoms with E-state index in [9.17, 15) is 13.2 Å². The van der Waals surface area contributed by atoms with E-state index in [2.05, 4.69) is 14.6 Å². The van der Waals surface area contributed by atoms with Crippen LogP contribution < -0.4 is 25.0 Å². The number of aromatic nitrogens is 2. The molecule has 0 aromatic carbocycles. The van der Waals surface area contributed by atoms with Crippen LogP contribution in [0.3, 0.4) is 0 Å². The lowest BCUT2D eigenvalue weighted by Crippen LogP contribution is -2.51. The number of nitrogens with one attached hydrogen (secondary N) is 1. The van der Waals surface area contributed by atoms with Crippen LogP contribution in [0.15, 0.2) is 18.2 Å². The van der Waals surface area contributed by atoms with Crippen molar-refractivity contribution in [2.24, 2.45) is 0 Å². The molecule has 0 radical (unpaired) electrons. The van der Waals surface area contributed by atoms with Gasteiger partial charge in [-0.25, -0.2) is 9.08 Å². The number of carbonyl (C=O) groups excluding carboxylic acids is 1. The second kappa shape index (κ2) is 7.31. The van der Waals surface area contributed by atoms with Crippen molar-refractivity contribution in [3.05, 3.63) is 18.2 Å². The highest BCUT2D eigenvalue weighted by molar-refractivity contribution is 7.80. The Labute approximate surface area is 138 Å². The molecule has 0 saturated carbocycles. The zero-order valence-electron chi connectivity index (χ0n) is 12.9. The van der Waals surface area contributed by atoms with Crippen molar-refractivity contribution < 1.29 is 31.5 Å². The summed E-state index contributed by atoms with van der Waals surface area (Å²) >= 11 is 0. The number of nitrogens with zero attached hydrogens (tertiary/aromatic N) is 3. The van der Waals surface area contributed by atoms with E-state index in [1.807, 2.05) is 17.1 Å². The lowest BCUT2D eigenvalue weighted by atomic mass is 10.2. The molecule has 1 aliphatic rings. The fourth-order valence-electron chi connectivity index (χ4n) is 2.02. The largest absolute Gasteiger partial charge is 0.474 e. The minimum absolute atomic E-state index is 0.0943. The van der Waals surface area contributed by atoms with Crippen LogP contribution in [0.5, 0.6) is 0 Å². The van der Waals surface area contributed by atoms with Crippen LogP contribution in [-0.2, 0) is 15.1 Å². The van der Waals surface area contributed by atoms with Gasteiger partial charge in [-0.3, -0.25) is 4.55 Å². The van der Waals surface area contributed by atoms with Gasteiger partial charge < -0.3 is 15.4 Å². The van der Waals surface area contributed by atoms with Crippen molar-refractivity contribution in [1.29, 1.82) is 0 Å². The molecule has 24 heavy (non-hydrogen) atoms. The van der Waals surface area contributed by atoms with Crippen molar-refractivity contribution in [3.63, 3.8) is 0 Å². The first-order valence-electron chi connectivity index (χ1n) is 7.04. The van der Waals surface area contributed by atoms with E-state index in [1.165, 1.54) is 6.07 Å². The Morgan fingerprint density at radius 1 is 1.54 bits per heavy atom. The van der Waals surface area contributed by atoms with Crippen molar-refractivity contribution in [2.75, 3.05) is 35.6 Å². The van der Waals surface area contributed by atoms with E-state index in [-0.39, 0.29) is 18.4 Å². The number of hydrogen-bond donors (Lipinski definition) is 3. The van der Waals surface area contributed by atoms with Crippen LogP contribution in [0.25, 0.3) is 0 Å².